The van der Waals surface area contributed by atoms with Crippen LogP contribution in [0.5, 0.6) is 0 Å². The van der Waals surface area contributed by atoms with Gasteiger partial charge in [0, 0.05) is 31.9 Å². The van der Waals surface area contributed by atoms with E-state index in [1.165, 1.54) is 12.5 Å². The van der Waals surface area contributed by atoms with Gasteiger partial charge >= 0.3 is 12.0 Å². The number of carboxylic acid groups (broad SMARTS) is 1. The first-order chi connectivity index (χ1) is 8.95. The Morgan fingerprint density at radius 2 is 2.21 bits per heavy atom. The van der Waals surface area contributed by atoms with Crippen LogP contribution in [0.2, 0.25) is 0 Å². The zero-order chi connectivity index (χ0) is 14.4. The molecule has 0 aliphatic carbocycles. The van der Waals surface area contributed by atoms with Crippen molar-refractivity contribution in [1.29, 1.82) is 0 Å². The minimum absolute atomic E-state index is 0.00342. The van der Waals surface area contributed by atoms with Crippen molar-refractivity contribution < 1.29 is 14.7 Å². The second-order valence-electron chi connectivity index (χ2n) is 4.41. The van der Waals surface area contributed by atoms with Gasteiger partial charge in [-0.2, -0.15) is 0 Å². The summed E-state index contributed by atoms with van der Waals surface area (Å²) < 4.78 is 1.63. The Bertz CT molecular complexity index is 442. The van der Waals surface area contributed by atoms with E-state index in [1.807, 2.05) is 20.8 Å². The summed E-state index contributed by atoms with van der Waals surface area (Å²) >= 11 is 0. The van der Waals surface area contributed by atoms with Gasteiger partial charge in [0.25, 0.3) is 0 Å². The monoisotopic (exact) mass is 268 g/mol. The molecule has 0 saturated carbocycles. The summed E-state index contributed by atoms with van der Waals surface area (Å²) in [5.74, 6) is -1.06. The van der Waals surface area contributed by atoms with Crippen LogP contribution in [-0.4, -0.2) is 50.7 Å². The highest BCUT2D eigenvalue weighted by molar-refractivity contribution is 5.84. The molecule has 0 spiro atoms. The van der Waals surface area contributed by atoms with E-state index in [2.05, 4.69) is 10.3 Å². The highest BCUT2D eigenvalue weighted by Crippen LogP contribution is 1.98. The molecular formula is C12H20N4O3. The van der Waals surface area contributed by atoms with Gasteiger partial charge in [0.05, 0.1) is 6.33 Å². The topological polar surface area (TPSA) is 87.5 Å². The highest BCUT2D eigenvalue weighted by Gasteiger charge is 2.13. The molecule has 0 aliphatic heterocycles. The smallest absolute Gasteiger partial charge is 0.356 e. The van der Waals surface area contributed by atoms with Crippen molar-refractivity contribution in [3.63, 3.8) is 0 Å². The second-order valence-corrected chi connectivity index (χ2v) is 4.41. The molecule has 19 heavy (non-hydrogen) atoms. The largest absolute Gasteiger partial charge is 0.476 e. The third-order valence-electron chi connectivity index (χ3n) is 2.72. The molecule has 1 rings (SSSR count). The lowest BCUT2D eigenvalue weighted by atomic mass is 10.3. The van der Waals surface area contributed by atoms with Crippen LogP contribution in [0.15, 0.2) is 12.5 Å². The maximum atomic E-state index is 11.8. The Balaban J connectivity index is 2.41. The van der Waals surface area contributed by atoms with Gasteiger partial charge in [-0.25, -0.2) is 14.6 Å². The lowest BCUT2D eigenvalue weighted by Gasteiger charge is -2.25. The van der Waals surface area contributed by atoms with Gasteiger partial charge < -0.3 is 19.9 Å². The van der Waals surface area contributed by atoms with Crippen LogP contribution in [-0.2, 0) is 6.54 Å². The summed E-state index contributed by atoms with van der Waals surface area (Å²) in [5, 5.41) is 11.5. The first kappa shape index (κ1) is 15.0. The Kier molecular flexibility index (Phi) is 5.35. The summed E-state index contributed by atoms with van der Waals surface area (Å²) in [6.07, 6.45) is 2.88. The van der Waals surface area contributed by atoms with Crippen molar-refractivity contribution in [2.24, 2.45) is 0 Å². The molecule has 2 amide bonds. The van der Waals surface area contributed by atoms with Crippen LogP contribution in [0.1, 0.15) is 31.3 Å². The molecule has 2 N–H and O–H groups in total. The third-order valence-corrected chi connectivity index (χ3v) is 2.72. The zero-order valence-corrected chi connectivity index (χ0v) is 11.5. The average molecular weight is 268 g/mol. The molecule has 1 aromatic heterocycles. The quantitative estimate of drug-likeness (QED) is 0.806. The first-order valence-electron chi connectivity index (χ1n) is 6.25. The average Bonchev–Trinajstić information content (AvgIpc) is 2.78. The Labute approximate surface area is 112 Å². The molecule has 0 aliphatic rings. The number of imidazole rings is 1. The van der Waals surface area contributed by atoms with Crippen molar-refractivity contribution in [1.82, 2.24) is 19.8 Å². The van der Waals surface area contributed by atoms with Gasteiger partial charge in [0.1, 0.15) is 0 Å². The van der Waals surface area contributed by atoms with Gasteiger partial charge in [0.2, 0.25) is 0 Å². The zero-order valence-electron chi connectivity index (χ0n) is 11.5. The van der Waals surface area contributed by atoms with E-state index in [1.54, 1.807) is 9.47 Å². The normalized spacial score (nSPS) is 10.5. The number of hydrogen-bond acceptors (Lipinski definition) is 3. The number of carbonyl (C=O) groups excluding carboxylic acids is 1. The predicted octanol–water partition coefficient (Wildman–Crippen LogP) is 1.02. The van der Waals surface area contributed by atoms with Crippen LogP contribution in [0.3, 0.4) is 0 Å². The van der Waals surface area contributed by atoms with Crippen molar-refractivity contribution in [3.05, 3.63) is 18.2 Å². The van der Waals surface area contributed by atoms with E-state index in [0.29, 0.717) is 19.6 Å². The van der Waals surface area contributed by atoms with Gasteiger partial charge in [-0.3, -0.25) is 0 Å². The number of aromatic carboxylic acids is 1. The fourth-order valence-corrected chi connectivity index (χ4v) is 1.73. The van der Waals surface area contributed by atoms with Crippen LogP contribution >= 0.6 is 0 Å². The molecule has 0 saturated heterocycles. The van der Waals surface area contributed by atoms with Gasteiger partial charge in [-0.15, -0.1) is 0 Å². The molecule has 106 valence electrons. The van der Waals surface area contributed by atoms with Crippen LogP contribution in [0.25, 0.3) is 0 Å². The molecule has 0 atom stereocenters. The third kappa shape index (κ3) is 4.27. The predicted molar refractivity (Wildman–Crippen MR) is 70.1 cm³/mol. The molecule has 1 aromatic rings. The number of carboxylic acids is 1. The van der Waals surface area contributed by atoms with Gasteiger partial charge in [-0.1, -0.05) is 0 Å². The number of rotatable bonds is 6. The molecule has 7 heteroatoms. The fraction of sp³-hybridized carbons (Fsp3) is 0.583. The van der Waals surface area contributed by atoms with Crippen LogP contribution in [0, 0.1) is 0 Å². The molecule has 0 unspecified atom stereocenters. The number of hydrogen-bond donors (Lipinski definition) is 2. The van der Waals surface area contributed by atoms with E-state index in [0.717, 1.165) is 0 Å². The SMILES string of the molecule is CCN(C(=O)NCCn1cnc(C(=O)O)c1)C(C)C. The molecule has 0 bridgehead atoms. The Morgan fingerprint density at radius 1 is 1.53 bits per heavy atom. The van der Waals surface area contributed by atoms with Gasteiger partial charge in [0.15, 0.2) is 5.69 Å². The molecular weight excluding hydrogens is 248 g/mol. The van der Waals surface area contributed by atoms with Crippen molar-refractivity contribution in [3.8, 4) is 0 Å². The van der Waals surface area contributed by atoms with Crippen molar-refractivity contribution >= 4 is 12.0 Å². The number of amides is 2. The minimum Gasteiger partial charge on any atom is -0.476 e. The first-order valence-corrected chi connectivity index (χ1v) is 6.25. The molecule has 1 heterocycles. The number of carbonyl (C=O) groups is 2. The van der Waals surface area contributed by atoms with Crippen molar-refractivity contribution in [2.75, 3.05) is 13.1 Å². The molecule has 0 aromatic carbocycles. The summed E-state index contributed by atoms with van der Waals surface area (Å²) in [6, 6.07) is 0.0351. The molecule has 0 fully saturated rings. The Hall–Kier alpha value is -2.05. The molecule has 7 nitrogen and oxygen atoms in total. The van der Waals surface area contributed by atoms with E-state index >= 15 is 0 Å². The number of aromatic nitrogens is 2. The van der Waals surface area contributed by atoms with E-state index in [4.69, 9.17) is 5.11 Å². The highest BCUT2D eigenvalue weighted by atomic mass is 16.4. The summed E-state index contributed by atoms with van der Waals surface area (Å²) in [7, 11) is 0. The summed E-state index contributed by atoms with van der Waals surface area (Å²) in [6.45, 7) is 7.40. The number of nitrogens with one attached hydrogen (secondary N) is 1. The lowest BCUT2D eigenvalue weighted by molar-refractivity contribution is 0.0691. The lowest BCUT2D eigenvalue weighted by Crippen LogP contribution is -2.44. The standard InChI is InChI=1S/C12H20N4O3/c1-4-16(9(2)3)12(19)13-5-6-15-7-10(11(17)18)14-8-15/h7-9H,4-6H2,1-3H3,(H,13,19)(H,17,18). The van der Waals surface area contributed by atoms with Gasteiger partial charge in [-0.05, 0) is 20.8 Å². The Morgan fingerprint density at radius 3 is 2.68 bits per heavy atom. The van der Waals surface area contributed by atoms with E-state index < -0.39 is 5.97 Å². The summed E-state index contributed by atoms with van der Waals surface area (Å²) in [5.41, 5.74) is 0.00342. The second kappa shape index (κ2) is 6.77. The number of urea groups is 1. The minimum atomic E-state index is -1.06. The van der Waals surface area contributed by atoms with Crippen molar-refractivity contribution in [2.45, 2.75) is 33.4 Å². The number of nitrogens with zero attached hydrogens (tertiary/aromatic N) is 3. The fourth-order valence-electron chi connectivity index (χ4n) is 1.73. The maximum Gasteiger partial charge on any atom is 0.356 e. The maximum absolute atomic E-state index is 11.8. The van der Waals surface area contributed by atoms with Crippen LogP contribution < -0.4 is 5.32 Å². The van der Waals surface area contributed by atoms with Crippen LogP contribution in [0.4, 0.5) is 4.79 Å². The van der Waals surface area contributed by atoms with E-state index in [9.17, 15) is 9.59 Å². The summed E-state index contributed by atoms with van der Waals surface area (Å²) in [4.78, 5) is 27.9. The van der Waals surface area contributed by atoms with E-state index in [-0.39, 0.29) is 17.8 Å². The molecule has 0 radical (unpaired) electrons.